The molecule has 168 valence electrons. The zero-order valence-corrected chi connectivity index (χ0v) is 18.3. The summed E-state index contributed by atoms with van der Waals surface area (Å²) in [4.78, 5) is 11.6. The zero-order valence-electron chi connectivity index (χ0n) is 18.3. The minimum Gasteiger partial charge on any atom is -0.494 e. The number of hydrogen-bond donors (Lipinski definition) is 3. The van der Waals surface area contributed by atoms with Crippen molar-refractivity contribution in [3.63, 3.8) is 0 Å². The number of fused-ring (bicyclic) bond motifs is 1. The van der Waals surface area contributed by atoms with Crippen molar-refractivity contribution in [1.29, 1.82) is 0 Å². The fraction of sp³-hybridized carbons (Fsp3) is 0.667. The van der Waals surface area contributed by atoms with Crippen LogP contribution >= 0.6 is 0 Å². The van der Waals surface area contributed by atoms with E-state index in [1.165, 1.54) is 19.3 Å². The summed E-state index contributed by atoms with van der Waals surface area (Å²) in [6, 6.07) is 2.08. The van der Waals surface area contributed by atoms with Crippen molar-refractivity contribution in [2.75, 3.05) is 26.2 Å². The normalized spacial score (nSPS) is 27.2. The molecule has 0 radical (unpaired) electrons. The first-order valence-electron chi connectivity index (χ1n) is 12.1. The van der Waals surface area contributed by atoms with Crippen molar-refractivity contribution in [2.45, 2.75) is 64.0 Å². The summed E-state index contributed by atoms with van der Waals surface area (Å²) < 4.78 is 1.81. The molecule has 1 saturated carbocycles. The molecular formula is C24H35N5O2. The van der Waals surface area contributed by atoms with E-state index in [2.05, 4.69) is 20.2 Å². The first-order chi connectivity index (χ1) is 15.2. The largest absolute Gasteiger partial charge is 0.494 e. The molecule has 3 aliphatic rings. The second-order valence-corrected chi connectivity index (χ2v) is 9.55. The van der Waals surface area contributed by atoms with Gasteiger partial charge in [-0.2, -0.15) is 0 Å². The maximum absolute atomic E-state index is 10.9. The molecule has 2 aromatic rings. The topological polar surface area (TPSA) is 86.4 Å². The van der Waals surface area contributed by atoms with Gasteiger partial charge in [0.05, 0.1) is 6.04 Å². The predicted molar refractivity (Wildman–Crippen MR) is 119 cm³/mol. The van der Waals surface area contributed by atoms with Gasteiger partial charge in [-0.25, -0.2) is 9.97 Å². The molecule has 2 aromatic heterocycles. The van der Waals surface area contributed by atoms with E-state index >= 15 is 0 Å². The third-order valence-electron chi connectivity index (χ3n) is 7.71. The van der Waals surface area contributed by atoms with Crippen molar-refractivity contribution >= 4 is 0 Å². The van der Waals surface area contributed by atoms with Gasteiger partial charge in [-0.3, -0.25) is 9.47 Å². The molecule has 2 aliphatic carbocycles. The van der Waals surface area contributed by atoms with E-state index in [1.54, 1.807) is 0 Å². The van der Waals surface area contributed by atoms with Crippen LogP contribution in [0.5, 0.6) is 11.8 Å². The molecule has 1 saturated heterocycles. The van der Waals surface area contributed by atoms with Gasteiger partial charge in [0, 0.05) is 56.2 Å². The Labute approximate surface area is 184 Å². The smallest absolute Gasteiger partial charge is 0.197 e. The van der Waals surface area contributed by atoms with Gasteiger partial charge in [0.1, 0.15) is 5.82 Å². The Kier molecular flexibility index (Phi) is 6.14. The Balaban J connectivity index is 1.34. The number of hydrogen-bond acceptors (Lipinski definition) is 6. The molecule has 7 heteroatoms. The lowest BCUT2D eigenvalue weighted by Crippen LogP contribution is -2.49. The molecule has 3 unspecified atom stereocenters. The number of aromatic nitrogens is 3. The predicted octanol–water partition coefficient (Wildman–Crippen LogP) is 3.02. The molecule has 0 spiro atoms. The minimum atomic E-state index is 0.207. The summed E-state index contributed by atoms with van der Waals surface area (Å²) in [5, 5.41) is 25.2. The van der Waals surface area contributed by atoms with E-state index in [9.17, 15) is 10.2 Å². The van der Waals surface area contributed by atoms with E-state index in [-0.39, 0.29) is 6.04 Å². The third-order valence-corrected chi connectivity index (χ3v) is 7.71. The highest BCUT2D eigenvalue weighted by atomic mass is 16.3. The number of nitrogens with zero attached hydrogens (tertiary/aromatic N) is 4. The number of rotatable bonds is 5. The van der Waals surface area contributed by atoms with Crippen LogP contribution < -0.4 is 5.32 Å². The van der Waals surface area contributed by atoms with Crippen LogP contribution in [0.3, 0.4) is 0 Å². The molecule has 0 amide bonds. The molecule has 0 aromatic carbocycles. The second-order valence-electron chi connectivity index (χ2n) is 9.55. The standard InChI is InChI=1S/C24H35N5O2/c30-23-19-8-3-4-9-20(19)24(31)29(23)16-18-7-2-1-6-17(18)15-28-13-12-25-14-21(28)22-26-10-5-11-27-22/h5,10-11,17-18,21,25,30-31H,1-4,6-9,12-16H2. The van der Waals surface area contributed by atoms with Crippen LogP contribution in [0.4, 0.5) is 0 Å². The fourth-order valence-corrected chi connectivity index (χ4v) is 6.00. The molecule has 31 heavy (non-hydrogen) atoms. The highest BCUT2D eigenvalue weighted by Crippen LogP contribution is 2.41. The second kappa shape index (κ2) is 9.17. The van der Waals surface area contributed by atoms with Crippen molar-refractivity contribution < 1.29 is 10.2 Å². The van der Waals surface area contributed by atoms with Crippen LogP contribution in [-0.4, -0.2) is 55.8 Å². The lowest BCUT2D eigenvalue weighted by molar-refractivity contribution is 0.0861. The minimum absolute atomic E-state index is 0.207. The van der Waals surface area contributed by atoms with E-state index in [0.29, 0.717) is 30.1 Å². The first kappa shape index (κ1) is 20.8. The summed E-state index contributed by atoms with van der Waals surface area (Å²) in [5.74, 6) is 2.54. The SMILES string of the molecule is Oc1c2c(c(O)n1CC1CCCCC1CN1CCNCC1c1ncccn1)CCCC2. The van der Waals surface area contributed by atoms with Crippen LogP contribution in [0.2, 0.25) is 0 Å². The summed E-state index contributed by atoms with van der Waals surface area (Å²) in [6.45, 7) is 4.62. The molecule has 2 fully saturated rings. The molecule has 1 aliphatic heterocycles. The number of aromatic hydroxyl groups is 2. The maximum atomic E-state index is 10.9. The molecule has 3 heterocycles. The first-order valence-corrected chi connectivity index (χ1v) is 12.1. The van der Waals surface area contributed by atoms with Gasteiger partial charge >= 0.3 is 0 Å². The highest BCUT2D eigenvalue weighted by molar-refractivity contribution is 5.46. The Bertz CT molecular complexity index is 854. The summed E-state index contributed by atoms with van der Waals surface area (Å²) >= 11 is 0. The van der Waals surface area contributed by atoms with Crippen LogP contribution in [-0.2, 0) is 19.4 Å². The molecule has 3 atom stereocenters. The zero-order chi connectivity index (χ0) is 21.2. The Hall–Kier alpha value is -2.12. The third kappa shape index (κ3) is 4.17. The Morgan fingerprint density at radius 1 is 0.903 bits per heavy atom. The van der Waals surface area contributed by atoms with Crippen molar-refractivity contribution in [1.82, 2.24) is 24.8 Å². The van der Waals surface area contributed by atoms with E-state index < -0.39 is 0 Å². The fourth-order valence-electron chi connectivity index (χ4n) is 6.00. The average Bonchev–Trinajstić information content (AvgIpc) is 3.06. The van der Waals surface area contributed by atoms with Gasteiger partial charge in [-0.15, -0.1) is 0 Å². The van der Waals surface area contributed by atoms with Gasteiger partial charge in [0.25, 0.3) is 0 Å². The van der Waals surface area contributed by atoms with Crippen molar-refractivity contribution in [3.05, 3.63) is 35.4 Å². The van der Waals surface area contributed by atoms with Gasteiger partial charge in [0.2, 0.25) is 0 Å². The molecule has 5 rings (SSSR count). The lowest BCUT2D eigenvalue weighted by Gasteiger charge is -2.41. The quantitative estimate of drug-likeness (QED) is 0.683. The lowest BCUT2D eigenvalue weighted by atomic mass is 9.78. The Morgan fingerprint density at radius 3 is 2.23 bits per heavy atom. The molecule has 3 N–H and O–H groups in total. The highest BCUT2D eigenvalue weighted by Gasteiger charge is 2.34. The van der Waals surface area contributed by atoms with Crippen LogP contribution in [0, 0.1) is 11.8 Å². The number of nitrogens with one attached hydrogen (secondary N) is 1. The van der Waals surface area contributed by atoms with Crippen molar-refractivity contribution in [2.24, 2.45) is 11.8 Å². The Morgan fingerprint density at radius 2 is 1.55 bits per heavy atom. The van der Waals surface area contributed by atoms with Crippen molar-refractivity contribution in [3.8, 4) is 11.8 Å². The van der Waals surface area contributed by atoms with Gasteiger partial charge in [-0.1, -0.05) is 12.8 Å². The van der Waals surface area contributed by atoms with Gasteiger partial charge < -0.3 is 15.5 Å². The summed E-state index contributed by atoms with van der Waals surface area (Å²) in [7, 11) is 0. The summed E-state index contributed by atoms with van der Waals surface area (Å²) in [6.07, 6.45) is 12.5. The van der Waals surface area contributed by atoms with Crippen LogP contribution in [0.25, 0.3) is 0 Å². The summed E-state index contributed by atoms with van der Waals surface area (Å²) in [5.41, 5.74) is 1.97. The molecule has 7 nitrogen and oxygen atoms in total. The van der Waals surface area contributed by atoms with E-state index in [1.807, 2.05) is 23.0 Å². The average molecular weight is 426 g/mol. The van der Waals surface area contributed by atoms with Gasteiger partial charge in [0.15, 0.2) is 11.8 Å². The molecular weight excluding hydrogens is 390 g/mol. The van der Waals surface area contributed by atoms with E-state index in [4.69, 9.17) is 0 Å². The van der Waals surface area contributed by atoms with E-state index in [0.717, 1.165) is 75.2 Å². The van der Waals surface area contributed by atoms with Gasteiger partial charge in [-0.05, 0) is 56.4 Å². The van der Waals surface area contributed by atoms with Crippen LogP contribution in [0.15, 0.2) is 18.5 Å². The monoisotopic (exact) mass is 425 g/mol. The van der Waals surface area contributed by atoms with Crippen LogP contribution in [0.1, 0.15) is 61.5 Å². The number of piperazine rings is 1. The maximum Gasteiger partial charge on any atom is 0.197 e. The molecule has 0 bridgehead atoms.